The number of hydrogen-bond acceptors (Lipinski definition) is 12. The second-order valence-electron chi connectivity index (χ2n) is 3.94. The van der Waals surface area contributed by atoms with E-state index in [1.807, 2.05) is 10.9 Å². The Bertz CT molecular complexity index is 749. The van der Waals surface area contributed by atoms with Gasteiger partial charge in [-0.05, 0) is 0 Å². The zero-order chi connectivity index (χ0) is 23.1. The molecule has 0 aliphatic heterocycles. The highest BCUT2D eigenvalue weighted by molar-refractivity contribution is 5.71. The van der Waals surface area contributed by atoms with Crippen molar-refractivity contribution in [2.75, 3.05) is 0 Å². The van der Waals surface area contributed by atoms with Crippen molar-refractivity contribution in [3.8, 4) is 11.6 Å². The van der Waals surface area contributed by atoms with Crippen molar-refractivity contribution in [1.82, 2.24) is 52.1 Å². The van der Waals surface area contributed by atoms with Crippen LogP contribution in [-0.4, -0.2) is 52.5 Å². The van der Waals surface area contributed by atoms with Gasteiger partial charge in [0.2, 0.25) is 0 Å². The van der Waals surface area contributed by atoms with Crippen LogP contribution in [-0.2, 0) is 0 Å². The average molecular weight is 436 g/mol. The summed E-state index contributed by atoms with van der Waals surface area (Å²) in [6.45, 7) is 0. The van der Waals surface area contributed by atoms with Crippen molar-refractivity contribution in [2.24, 2.45) is 11.7 Å². The van der Waals surface area contributed by atoms with E-state index in [-0.39, 0.29) is 23.5 Å². The molecule has 166 valence electrons. The van der Waals surface area contributed by atoms with Crippen molar-refractivity contribution in [3.05, 3.63) is 31.1 Å². The van der Waals surface area contributed by atoms with Gasteiger partial charge in [0, 0.05) is 0 Å². The Morgan fingerprint density at radius 1 is 0.867 bits per heavy atom. The van der Waals surface area contributed by atoms with Gasteiger partial charge < -0.3 is 20.2 Å². The van der Waals surface area contributed by atoms with E-state index in [1.165, 1.54) is 0 Å². The smallest absolute Gasteiger partial charge is 0.336 e. The number of H-pyrrole nitrogens is 2. The molecule has 0 atom stereocenters. The van der Waals surface area contributed by atoms with E-state index < -0.39 is 22.1 Å². The van der Waals surface area contributed by atoms with Crippen LogP contribution in [0.4, 0.5) is 21.5 Å². The number of nitrogens with zero attached hydrogens (tertiary/aromatic N) is 8. The minimum absolute atomic E-state index is 0.114. The van der Waals surface area contributed by atoms with Crippen molar-refractivity contribution in [1.29, 1.82) is 0 Å². The molecule has 0 radical (unpaired) electrons. The maximum Gasteiger partial charge on any atom is 0.372 e. The molecule has 2 heterocycles. The first kappa shape index (κ1) is 25.1. The van der Waals surface area contributed by atoms with Crippen LogP contribution in [0.1, 0.15) is 0 Å². The molecule has 0 unspecified atom stereocenters. The molecule has 24 nitrogen and oxygen atoms in total. The lowest BCUT2D eigenvalue weighted by atomic mass is 10.6. The SMILES string of the molecule is NNC(=O)N[NH3+].NNC(=O)N[NH3+].O=[N+]([O-])[N-]c1nc(-c2n[nH]c([N-][N+](=O)[O-])n2)n[nH]1. The largest absolute Gasteiger partial charge is 0.372 e. The summed E-state index contributed by atoms with van der Waals surface area (Å²) >= 11 is 0. The van der Waals surface area contributed by atoms with E-state index in [2.05, 4.69) is 64.6 Å². The summed E-state index contributed by atoms with van der Waals surface area (Å²) in [5, 5.41) is 29.6. The Balaban J connectivity index is 0.000000580. The number of urea groups is 2. The molecule has 0 saturated heterocycles. The van der Waals surface area contributed by atoms with Gasteiger partial charge in [0.1, 0.15) is 33.6 Å². The second kappa shape index (κ2) is 13.3. The summed E-state index contributed by atoms with van der Waals surface area (Å²) in [6, 6.07) is -0.981. The summed E-state index contributed by atoms with van der Waals surface area (Å²) in [7, 11) is 0. The summed E-state index contributed by atoms with van der Waals surface area (Å²) < 4.78 is 0. The first-order chi connectivity index (χ1) is 14.2. The molecule has 30 heavy (non-hydrogen) atoms. The minimum Gasteiger partial charge on any atom is -0.336 e. The number of carbonyl (C=O) groups is 2. The molecule has 4 amide bonds. The van der Waals surface area contributed by atoms with Crippen LogP contribution in [0.2, 0.25) is 0 Å². The molecule has 0 aliphatic rings. The Kier molecular flexibility index (Phi) is 11.1. The molecule has 24 heteroatoms. The molecule has 2 aromatic rings. The molecule has 0 spiro atoms. The van der Waals surface area contributed by atoms with Gasteiger partial charge in [-0.15, -0.1) is 0 Å². The Hall–Kier alpha value is -4.94. The number of aromatic nitrogens is 6. The van der Waals surface area contributed by atoms with Gasteiger partial charge in [0.25, 0.3) is 0 Å². The zero-order valence-electron chi connectivity index (χ0n) is 14.6. The topological polar surface area (TPSA) is 387 Å². The molecule has 16 N–H and O–H groups in total. The number of carbonyl (C=O) groups excluding carboxylic acids is 2. The van der Waals surface area contributed by atoms with Crippen LogP contribution in [0.15, 0.2) is 0 Å². The van der Waals surface area contributed by atoms with Crippen LogP contribution >= 0.6 is 0 Å². The molecular formula is C6H16N18O6. The van der Waals surface area contributed by atoms with Crippen LogP contribution in [0.3, 0.4) is 0 Å². The maximum atomic E-state index is 10.1. The van der Waals surface area contributed by atoms with Crippen LogP contribution in [0.25, 0.3) is 22.5 Å². The van der Waals surface area contributed by atoms with Crippen molar-refractivity contribution < 1.29 is 31.3 Å². The molecule has 0 bridgehead atoms. The van der Waals surface area contributed by atoms with Crippen LogP contribution < -0.4 is 45.1 Å². The van der Waals surface area contributed by atoms with Gasteiger partial charge in [-0.25, -0.2) is 51.7 Å². The lowest BCUT2D eigenvalue weighted by Gasteiger charge is -1.95. The summed E-state index contributed by atoms with van der Waals surface area (Å²) in [5.41, 5.74) is 13.3. The third kappa shape index (κ3) is 10.3. The molecule has 0 aromatic carbocycles. The number of rotatable bonds is 5. The van der Waals surface area contributed by atoms with Gasteiger partial charge in [-0.3, -0.25) is 22.5 Å². The minimum atomic E-state index is -0.963. The number of nitro groups is 2. The normalized spacial score (nSPS) is 8.80. The van der Waals surface area contributed by atoms with E-state index in [0.717, 1.165) is 0 Å². The third-order valence-corrected chi connectivity index (χ3v) is 2.08. The standard InChI is InChI=1S/C4H2N10O4.2CH6N4O/c15-13(16)11-3-5-1(7-9-3)2-6-4(10-8-2)12-14(17)18;2*2-4-1(6)5-3/h(H2-2,5,6,7,8,9,10,11,12);2*2-3H2,(H2,4,5,6)/q-2;;/p+2. The van der Waals surface area contributed by atoms with E-state index in [1.54, 1.807) is 10.9 Å². The van der Waals surface area contributed by atoms with Gasteiger partial charge in [-0.1, -0.05) is 10.9 Å². The van der Waals surface area contributed by atoms with Gasteiger partial charge in [-0.2, -0.15) is 10.9 Å². The highest BCUT2D eigenvalue weighted by Gasteiger charge is 2.04. The summed E-state index contributed by atoms with van der Waals surface area (Å²) in [5.74, 6) is 14.3. The molecule has 0 fully saturated rings. The van der Waals surface area contributed by atoms with Gasteiger partial charge in [0.15, 0.2) is 0 Å². The van der Waals surface area contributed by atoms with Crippen molar-refractivity contribution >= 4 is 24.0 Å². The summed E-state index contributed by atoms with van der Waals surface area (Å²) in [6.07, 6.45) is 0. The number of hydrazine groups is 2. The monoisotopic (exact) mass is 436 g/mol. The number of hydrogen-bond donors (Lipinski definition) is 10. The highest BCUT2D eigenvalue weighted by atomic mass is 16.7. The van der Waals surface area contributed by atoms with Gasteiger partial charge >= 0.3 is 12.1 Å². The zero-order valence-corrected chi connectivity index (χ0v) is 14.6. The van der Waals surface area contributed by atoms with Crippen molar-refractivity contribution in [3.63, 3.8) is 0 Å². The Morgan fingerprint density at radius 3 is 1.40 bits per heavy atom. The quantitative estimate of drug-likeness (QED) is 0.0908. The molecular weight excluding hydrogens is 420 g/mol. The fourth-order valence-electron chi connectivity index (χ4n) is 1.05. The predicted octanol–water partition coefficient (Wildman–Crippen LogP) is -5.38. The second-order valence-corrected chi connectivity index (χ2v) is 3.94. The first-order valence-corrected chi connectivity index (χ1v) is 6.81. The van der Waals surface area contributed by atoms with Crippen molar-refractivity contribution in [2.45, 2.75) is 0 Å². The number of amides is 4. The van der Waals surface area contributed by atoms with E-state index in [9.17, 15) is 29.8 Å². The van der Waals surface area contributed by atoms with E-state index in [4.69, 9.17) is 0 Å². The lowest BCUT2D eigenvalue weighted by molar-refractivity contribution is -0.423. The van der Waals surface area contributed by atoms with Gasteiger partial charge in [0.05, 0.1) is 0 Å². The lowest BCUT2D eigenvalue weighted by Crippen LogP contribution is -2.70. The summed E-state index contributed by atoms with van der Waals surface area (Å²) in [4.78, 5) is 46.8. The first-order valence-electron chi connectivity index (χ1n) is 6.81. The number of aromatic amines is 2. The predicted molar refractivity (Wildman–Crippen MR) is 89.3 cm³/mol. The van der Waals surface area contributed by atoms with E-state index >= 15 is 0 Å². The Morgan fingerprint density at radius 2 is 1.20 bits per heavy atom. The average Bonchev–Trinajstić information content (AvgIpc) is 3.36. The third-order valence-electron chi connectivity index (χ3n) is 2.08. The fraction of sp³-hybridized carbons (Fsp3) is 0. The number of nitrogens with one attached hydrogen (secondary N) is 6. The van der Waals surface area contributed by atoms with E-state index in [0.29, 0.717) is 0 Å². The molecule has 0 saturated carbocycles. The Labute approximate surface area is 163 Å². The molecule has 2 rings (SSSR count). The number of quaternary nitrogens is 2. The fourth-order valence-corrected chi connectivity index (χ4v) is 1.05. The molecule has 0 aliphatic carbocycles. The van der Waals surface area contributed by atoms with Crippen LogP contribution in [0.5, 0.6) is 0 Å². The van der Waals surface area contributed by atoms with Crippen LogP contribution in [0, 0.1) is 20.2 Å². The maximum absolute atomic E-state index is 10.1. The number of nitrogens with two attached hydrogens (primary N) is 2. The highest BCUT2D eigenvalue weighted by Crippen LogP contribution is 2.18. The molecule has 2 aromatic heterocycles.